The van der Waals surface area contributed by atoms with Gasteiger partial charge < -0.3 is 5.32 Å². The Hall–Kier alpha value is -4.30. The molecule has 1 amide bonds. The maximum Gasteiger partial charge on any atom is 0.268 e. The van der Waals surface area contributed by atoms with E-state index in [9.17, 15) is 13.2 Å². The van der Waals surface area contributed by atoms with Crippen LogP contribution in [-0.2, 0) is 16.6 Å². The summed E-state index contributed by atoms with van der Waals surface area (Å²) in [4.78, 5) is 21.0. The molecule has 0 spiro atoms. The van der Waals surface area contributed by atoms with Crippen molar-refractivity contribution in [1.82, 2.24) is 19.3 Å². The number of nitrogens with one attached hydrogen (secondary N) is 1. The van der Waals surface area contributed by atoms with Crippen molar-refractivity contribution >= 4 is 26.8 Å². The molecule has 0 aliphatic heterocycles. The molecule has 1 N–H and O–H groups in total. The Bertz CT molecular complexity index is 1580. The highest BCUT2D eigenvalue weighted by atomic mass is 32.2. The van der Waals surface area contributed by atoms with Crippen molar-refractivity contribution < 1.29 is 13.2 Å². The van der Waals surface area contributed by atoms with Gasteiger partial charge in [-0.1, -0.05) is 60.7 Å². The zero-order chi connectivity index (χ0) is 23.5. The second-order valence-electron chi connectivity index (χ2n) is 7.57. The van der Waals surface area contributed by atoms with E-state index < -0.39 is 15.9 Å². The lowest BCUT2D eigenvalue weighted by molar-refractivity contribution is 0.0946. The number of amides is 1. The van der Waals surface area contributed by atoms with Crippen LogP contribution < -0.4 is 5.32 Å². The first-order valence-corrected chi connectivity index (χ1v) is 12.0. The van der Waals surface area contributed by atoms with Gasteiger partial charge in [-0.05, 0) is 29.8 Å². The number of carbonyl (C=O) groups excluding carboxylic acids is 1. The van der Waals surface area contributed by atoms with Gasteiger partial charge in [0.25, 0.3) is 15.9 Å². The van der Waals surface area contributed by atoms with Crippen LogP contribution in [0.3, 0.4) is 0 Å². The van der Waals surface area contributed by atoms with Gasteiger partial charge in [0, 0.05) is 29.5 Å². The van der Waals surface area contributed by atoms with Crippen molar-refractivity contribution in [3.8, 4) is 11.1 Å². The quantitative estimate of drug-likeness (QED) is 0.402. The summed E-state index contributed by atoms with van der Waals surface area (Å²) in [5.74, 6) is -0.0912. The molecule has 8 heteroatoms. The van der Waals surface area contributed by atoms with Crippen LogP contribution in [0.5, 0.6) is 0 Å². The Morgan fingerprint density at radius 3 is 2.29 bits per heavy atom. The molecule has 0 unspecified atom stereocenters. The summed E-state index contributed by atoms with van der Waals surface area (Å²) >= 11 is 0. The number of rotatable bonds is 6. The summed E-state index contributed by atoms with van der Waals surface area (Å²) in [6.07, 6.45) is 4.77. The standard InChI is InChI=1S/C26H20N4O3S/c31-26(29-17-25-27-15-8-16-28-25)21-12-5-7-14-24(21)34(32,33)30-18-22(19-9-2-1-3-10-19)20-11-4-6-13-23(20)30/h1-16,18H,17H2,(H,29,31). The van der Waals surface area contributed by atoms with Crippen LogP contribution in [0.2, 0.25) is 0 Å². The number of hydrogen-bond donors (Lipinski definition) is 1. The first kappa shape index (κ1) is 21.5. The van der Waals surface area contributed by atoms with E-state index in [1.165, 1.54) is 16.1 Å². The normalized spacial score (nSPS) is 11.4. The van der Waals surface area contributed by atoms with Gasteiger partial charge in [0.05, 0.1) is 17.6 Å². The highest BCUT2D eigenvalue weighted by Crippen LogP contribution is 2.33. The van der Waals surface area contributed by atoms with E-state index in [0.29, 0.717) is 11.3 Å². The molecular weight excluding hydrogens is 448 g/mol. The highest BCUT2D eigenvalue weighted by Gasteiger charge is 2.26. The van der Waals surface area contributed by atoms with E-state index in [0.717, 1.165) is 16.5 Å². The van der Waals surface area contributed by atoms with Crippen molar-refractivity contribution in [3.63, 3.8) is 0 Å². The number of para-hydroxylation sites is 1. The zero-order valence-corrected chi connectivity index (χ0v) is 18.8. The molecule has 0 bridgehead atoms. The van der Waals surface area contributed by atoms with Crippen molar-refractivity contribution in [1.29, 1.82) is 0 Å². The van der Waals surface area contributed by atoms with Gasteiger partial charge in [0.15, 0.2) is 0 Å². The summed E-state index contributed by atoms with van der Waals surface area (Å²) in [6.45, 7) is 0.0820. The topological polar surface area (TPSA) is 94.0 Å². The molecule has 0 fully saturated rings. The minimum Gasteiger partial charge on any atom is -0.345 e. The third-order valence-corrected chi connectivity index (χ3v) is 7.19. The molecule has 168 valence electrons. The molecule has 0 aliphatic rings. The molecule has 3 aromatic carbocycles. The van der Waals surface area contributed by atoms with E-state index in [1.54, 1.807) is 48.9 Å². The Labute approximate surface area is 196 Å². The smallest absolute Gasteiger partial charge is 0.268 e. The zero-order valence-electron chi connectivity index (χ0n) is 18.0. The van der Waals surface area contributed by atoms with Gasteiger partial charge >= 0.3 is 0 Å². The molecule has 0 radical (unpaired) electrons. The molecule has 0 atom stereocenters. The van der Waals surface area contributed by atoms with E-state index in [-0.39, 0.29) is 17.0 Å². The summed E-state index contributed by atoms with van der Waals surface area (Å²) in [6, 6.07) is 24.8. The average Bonchev–Trinajstić information content (AvgIpc) is 3.29. The van der Waals surface area contributed by atoms with Crippen LogP contribution in [0.25, 0.3) is 22.0 Å². The molecule has 0 saturated heterocycles. The maximum atomic E-state index is 13.9. The fourth-order valence-corrected chi connectivity index (χ4v) is 5.42. The van der Waals surface area contributed by atoms with Gasteiger partial charge in [-0.25, -0.2) is 22.4 Å². The summed E-state index contributed by atoms with van der Waals surface area (Å²) in [7, 11) is -4.09. The number of carbonyl (C=O) groups is 1. The van der Waals surface area contributed by atoms with Crippen LogP contribution in [0.4, 0.5) is 0 Å². The van der Waals surface area contributed by atoms with Gasteiger partial charge in [-0.15, -0.1) is 0 Å². The molecule has 5 rings (SSSR count). The number of nitrogens with zero attached hydrogens (tertiary/aromatic N) is 3. The molecule has 7 nitrogen and oxygen atoms in total. The second-order valence-corrected chi connectivity index (χ2v) is 9.35. The van der Waals surface area contributed by atoms with Gasteiger partial charge in [0.2, 0.25) is 0 Å². The molecular formula is C26H20N4O3S. The third-order valence-electron chi connectivity index (χ3n) is 5.46. The molecule has 2 heterocycles. The Morgan fingerprint density at radius 2 is 1.50 bits per heavy atom. The number of benzene rings is 3. The van der Waals surface area contributed by atoms with Crippen LogP contribution >= 0.6 is 0 Å². The third kappa shape index (κ3) is 3.95. The Balaban J connectivity index is 1.58. The van der Waals surface area contributed by atoms with Crippen LogP contribution in [0.1, 0.15) is 16.2 Å². The van der Waals surface area contributed by atoms with Crippen LogP contribution in [0, 0.1) is 0 Å². The average molecular weight is 469 g/mol. The number of hydrogen-bond acceptors (Lipinski definition) is 5. The molecule has 0 saturated carbocycles. The maximum absolute atomic E-state index is 13.9. The Morgan fingerprint density at radius 1 is 0.824 bits per heavy atom. The van der Waals surface area contributed by atoms with E-state index in [4.69, 9.17) is 0 Å². The SMILES string of the molecule is O=C(NCc1ncccn1)c1ccccc1S(=O)(=O)n1cc(-c2ccccc2)c2ccccc21. The molecule has 2 aromatic heterocycles. The first-order valence-electron chi connectivity index (χ1n) is 10.6. The summed E-state index contributed by atoms with van der Waals surface area (Å²) < 4.78 is 28.9. The number of aromatic nitrogens is 3. The van der Waals surface area contributed by atoms with Crippen LogP contribution in [0.15, 0.2) is 108 Å². The first-order chi connectivity index (χ1) is 16.6. The summed E-state index contributed by atoms with van der Waals surface area (Å²) in [5, 5.41) is 3.52. The fraction of sp³-hybridized carbons (Fsp3) is 0.0385. The largest absolute Gasteiger partial charge is 0.345 e. The molecule has 5 aromatic rings. The minimum atomic E-state index is -4.09. The lowest BCUT2D eigenvalue weighted by Gasteiger charge is -2.12. The second kappa shape index (κ2) is 8.92. The highest BCUT2D eigenvalue weighted by molar-refractivity contribution is 7.90. The lowest BCUT2D eigenvalue weighted by atomic mass is 10.1. The van der Waals surface area contributed by atoms with Crippen molar-refractivity contribution in [3.05, 3.63) is 115 Å². The van der Waals surface area contributed by atoms with Gasteiger partial charge in [0.1, 0.15) is 10.7 Å². The monoisotopic (exact) mass is 468 g/mol. The van der Waals surface area contributed by atoms with E-state index in [1.807, 2.05) is 42.5 Å². The van der Waals surface area contributed by atoms with Crippen molar-refractivity contribution in [2.24, 2.45) is 0 Å². The van der Waals surface area contributed by atoms with Crippen molar-refractivity contribution in [2.75, 3.05) is 0 Å². The fourth-order valence-electron chi connectivity index (χ4n) is 3.86. The van der Waals surface area contributed by atoms with E-state index in [2.05, 4.69) is 15.3 Å². The van der Waals surface area contributed by atoms with Crippen LogP contribution in [-0.4, -0.2) is 28.3 Å². The predicted molar refractivity (Wildman–Crippen MR) is 130 cm³/mol. The van der Waals surface area contributed by atoms with E-state index >= 15 is 0 Å². The minimum absolute atomic E-state index is 0.0532. The lowest BCUT2D eigenvalue weighted by Crippen LogP contribution is -2.26. The van der Waals surface area contributed by atoms with Crippen molar-refractivity contribution in [2.45, 2.75) is 11.4 Å². The molecule has 0 aliphatic carbocycles. The van der Waals surface area contributed by atoms with Gasteiger partial charge in [-0.2, -0.15) is 0 Å². The predicted octanol–water partition coefficient (Wildman–Crippen LogP) is 4.27. The van der Waals surface area contributed by atoms with Gasteiger partial charge in [-0.3, -0.25) is 4.79 Å². The number of fused-ring (bicyclic) bond motifs is 1. The summed E-state index contributed by atoms with van der Waals surface area (Å²) in [5.41, 5.74) is 2.29. The Kier molecular flexibility index (Phi) is 5.65. The molecule has 34 heavy (non-hydrogen) atoms.